The Morgan fingerprint density at radius 3 is 3.14 bits per heavy atom. The fourth-order valence-electron chi connectivity index (χ4n) is 2.33. The van der Waals surface area contributed by atoms with Crippen LogP contribution in [0.5, 0.6) is 0 Å². The van der Waals surface area contributed by atoms with Crippen LogP contribution in [-0.2, 0) is 14.3 Å². The maximum Gasteiger partial charge on any atom is 0.320 e. The van der Waals surface area contributed by atoms with Crippen molar-refractivity contribution < 1.29 is 19.4 Å². The zero-order valence-electron chi connectivity index (χ0n) is 11.4. The van der Waals surface area contributed by atoms with Gasteiger partial charge in [0, 0.05) is 6.42 Å². The number of anilines is 1. The van der Waals surface area contributed by atoms with Gasteiger partial charge in [-0.2, -0.15) is 0 Å². The number of hydrogen-bond donors (Lipinski definition) is 2. The van der Waals surface area contributed by atoms with E-state index in [0.29, 0.717) is 17.6 Å². The van der Waals surface area contributed by atoms with Gasteiger partial charge in [-0.15, -0.1) is 11.6 Å². The molecule has 22 heavy (non-hydrogen) atoms. The highest BCUT2D eigenvalue weighted by molar-refractivity contribution is 6.26. The van der Waals surface area contributed by atoms with E-state index in [4.69, 9.17) is 26.8 Å². The molecule has 118 valence electrons. The number of fused-ring (bicyclic) bond motifs is 1. The summed E-state index contributed by atoms with van der Waals surface area (Å²) in [4.78, 5) is 23.2. The van der Waals surface area contributed by atoms with Crippen LogP contribution in [0.2, 0.25) is 0 Å². The van der Waals surface area contributed by atoms with E-state index in [2.05, 4.69) is 15.0 Å². The van der Waals surface area contributed by atoms with Gasteiger partial charge in [-0.3, -0.25) is 9.36 Å². The number of imidazole rings is 1. The monoisotopic (exact) mass is 327 g/mol. The van der Waals surface area contributed by atoms with E-state index in [-0.39, 0.29) is 18.3 Å². The maximum absolute atomic E-state index is 11.1. The first kappa shape index (κ1) is 14.9. The Morgan fingerprint density at radius 2 is 2.36 bits per heavy atom. The molecule has 0 unspecified atom stereocenters. The molecule has 0 amide bonds. The maximum atomic E-state index is 11.1. The first-order valence-corrected chi connectivity index (χ1v) is 7.11. The van der Waals surface area contributed by atoms with Gasteiger partial charge in [-0.05, 0) is 0 Å². The summed E-state index contributed by atoms with van der Waals surface area (Å²) in [5.41, 5.74) is 6.72. The van der Waals surface area contributed by atoms with Crippen LogP contribution in [0.15, 0.2) is 12.7 Å². The fourth-order valence-corrected chi connectivity index (χ4v) is 2.41. The number of carbonyl (C=O) groups is 1. The second-order valence-corrected chi connectivity index (χ2v) is 5.10. The van der Waals surface area contributed by atoms with Crippen LogP contribution < -0.4 is 5.73 Å². The molecule has 3 atom stereocenters. The lowest BCUT2D eigenvalue weighted by molar-refractivity contribution is -0.147. The van der Waals surface area contributed by atoms with Crippen molar-refractivity contribution in [2.45, 2.75) is 24.9 Å². The zero-order valence-corrected chi connectivity index (χ0v) is 12.2. The van der Waals surface area contributed by atoms with E-state index in [9.17, 15) is 9.90 Å². The minimum Gasteiger partial charge on any atom is -0.462 e. The molecule has 1 aliphatic heterocycles. The quantitative estimate of drug-likeness (QED) is 0.586. The number of nitrogen functional groups attached to an aromatic ring is 1. The van der Waals surface area contributed by atoms with Crippen molar-refractivity contribution in [3.05, 3.63) is 12.7 Å². The molecule has 0 aromatic carbocycles. The van der Waals surface area contributed by atoms with Crippen molar-refractivity contribution in [2.75, 3.05) is 18.2 Å². The number of ether oxygens (including phenoxy) is 2. The van der Waals surface area contributed by atoms with Gasteiger partial charge in [0.1, 0.15) is 36.7 Å². The van der Waals surface area contributed by atoms with Crippen LogP contribution in [0.4, 0.5) is 5.82 Å². The average Bonchev–Trinajstić information content (AvgIpc) is 3.09. The molecular formula is C12H14ClN5O4. The molecule has 3 rings (SSSR count). The van der Waals surface area contributed by atoms with Crippen molar-refractivity contribution in [1.29, 1.82) is 0 Å². The van der Waals surface area contributed by atoms with Gasteiger partial charge >= 0.3 is 5.97 Å². The summed E-state index contributed by atoms with van der Waals surface area (Å²) in [5.74, 6) is -0.529. The van der Waals surface area contributed by atoms with Crippen LogP contribution in [-0.4, -0.2) is 55.3 Å². The summed E-state index contributed by atoms with van der Waals surface area (Å²) in [6.07, 6.45) is 1.30. The molecule has 9 nitrogen and oxygen atoms in total. The lowest BCUT2D eigenvalue weighted by Crippen LogP contribution is -2.28. The molecule has 2 aromatic rings. The average molecular weight is 328 g/mol. The molecule has 0 aliphatic carbocycles. The number of aliphatic hydroxyl groups is 1. The fraction of sp³-hybridized carbons (Fsp3) is 0.500. The van der Waals surface area contributed by atoms with Gasteiger partial charge in [-0.25, -0.2) is 15.0 Å². The Kier molecular flexibility index (Phi) is 4.10. The third-order valence-corrected chi connectivity index (χ3v) is 3.64. The third-order valence-electron chi connectivity index (χ3n) is 3.42. The molecule has 2 aromatic heterocycles. The summed E-state index contributed by atoms with van der Waals surface area (Å²) in [6.45, 7) is -0.0625. The number of esters is 1. The van der Waals surface area contributed by atoms with Gasteiger partial charge in [0.15, 0.2) is 11.5 Å². The molecule has 0 spiro atoms. The van der Waals surface area contributed by atoms with Gasteiger partial charge in [0.25, 0.3) is 0 Å². The second kappa shape index (κ2) is 6.03. The molecule has 10 heteroatoms. The predicted octanol–water partition coefficient (Wildman–Crippen LogP) is -0.161. The van der Waals surface area contributed by atoms with Crippen LogP contribution in [0, 0.1) is 0 Å². The highest BCUT2D eigenvalue weighted by Crippen LogP contribution is 2.31. The van der Waals surface area contributed by atoms with Crippen LogP contribution in [0.25, 0.3) is 11.2 Å². The summed E-state index contributed by atoms with van der Waals surface area (Å²) in [5, 5.41) is 10.0. The number of halogens is 1. The standard InChI is InChI=1S/C12H14ClN5O4/c13-2-9(20)21-3-7-6(19)1-8(22-7)18-5-17-10-11(14)15-4-16-12(10)18/h4-8,19H,1-3H2,(H2,14,15,16)/t6-,7+,8+/m0/s1. The van der Waals surface area contributed by atoms with E-state index in [1.807, 2.05) is 0 Å². The number of nitrogens with zero attached hydrogens (tertiary/aromatic N) is 4. The number of alkyl halides is 1. The lowest BCUT2D eigenvalue weighted by atomic mass is 10.2. The molecule has 1 aliphatic rings. The minimum atomic E-state index is -0.773. The number of carbonyl (C=O) groups excluding carboxylic acids is 1. The largest absolute Gasteiger partial charge is 0.462 e. The summed E-state index contributed by atoms with van der Waals surface area (Å²) in [7, 11) is 0. The highest BCUT2D eigenvalue weighted by Gasteiger charge is 2.36. The highest BCUT2D eigenvalue weighted by atomic mass is 35.5. The number of hydrogen-bond acceptors (Lipinski definition) is 8. The van der Waals surface area contributed by atoms with Gasteiger partial charge in [-0.1, -0.05) is 0 Å². The Morgan fingerprint density at radius 1 is 1.55 bits per heavy atom. The van der Waals surface area contributed by atoms with Crippen molar-refractivity contribution >= 4 is 34.6 Å². The molecule has 3 heterocycles. The Labute approximate surface area is 130 Å². The van der Waals surface area contributed by atoms with Gasteiger partial charge < -0.3 is 20.3 Å². The van der Waals surface area contributed by atoms with E-state index in [1.165, 1.54) is 12.7 Å². The van der Waals surface area contributed by atoms with Crippen molar-refractivity contribution in [2.24, 2.45) is 0 Å². The van der Waals surface area contributed by atoms with Crippen LogP contribution in [0.1, 0.15) is 12.6 Å². The van der Waals surface area contributed by atoms with E-state index in [0.717, 1.165) is 0 Å². The first-order chi connectivity index (χ1) is 10.6. The number of aliphatic hydroxyl groups excluding tert-OH is 1. The smallest absolute Gasteiger partial charge is 0.320 e. The molecule has 3 N–H and O–H groups in total. The molecule has 0 radical (unpaired) electrons. The normalized spacial score (nSPS) is 24.7. The zero-order chi connectivity index (χ0) is 15.7. The van der Waals surface area contributed by atoms with Gasteiger partial charge in [0.05, 0.1) is 12.4 Å². The second-order valence-electron chi connectivity index (χ2n) is 4.83. The predicted molar refractivity (Wildman–Crippen MR) is 75.9 cm³/mol. The molecule has 0 bridgehead atoms. The first-order valence-electron chi connectivity index (χ1n) is 6.58. The molecule has 1 saturated heterocycles. The summed E-state index contributed by atoms with van der Waals surface area (Å²) in [6, 6.07) is 0. The number of aromatic nitrogens is 4. The Bertz CT molecular complexity index is 693. The molecular weight excluding hydrogens is 314 g/mol. The van der Waals surface area contributed by atoms with Gasteiger partial charge in [0.2, 0.25) is 0 Å². The third kappa shape index (κ3) is 2.70. The Hall–Kier alpha value is -1.97. The van der Waals surface area contributed by atoms with Crippen LogP contribution >= 0.6 is 11.6 Å². The number of rotatable bonds is 4. The van der Waals surface area contributed by atoms with E-state index in [1.54, 1.807) is 4.57 Å². The minimum absolute atomic E-state index is 0.0625. The van der Waals surface area contributed by atoms with E-state index < -0.39 is 24.4 Å². The molecule has 0 saturated carbocycles. The Balaban J connectivity index is 1.76. The van der Waals surface area contributed by atoms with Crippen molar-refractivity contribution in [3.8, 4) is 0 Å². The van der Waals surface area contributed by atoms with Crippen molar-refractivity contribution in [3.63, 3.8) is 0 Å². The SMILES string of the molecule is Nc1ncnc2c1ncn2[C@H]1C[C@H](O)[C@@H](COC(=O)CCl)O1. The van der Waals surface area contributed by atoms with Crippen molar-refractivity contribution in [1.82, 2.24) is 19.5 Å². The van der Waals surface area contributed by atoms with E-state index >= 15 is 0 Å². The number of nitrogens with two attached hydrogens (primary N) is 1. The molecule has 1 fully saturated rings. The lowest BCUT2D eigenvalue weighted by Gasteiger charge is -2.15. The summed E-state index contributed by atoms with van der Waals surface area (Å²) < 4.78 is 12.3. The van der Waals surface area contributed by atoms with Crippen LogP contribution in [0.3, 0.4) is 0 Å². The summed E-state index contributed by atoms with van der Waals surface area (Å²) >= 11 is 5.35. The topological polar surface area (TPSA) is 125 Å².